The molecule has 21 heavy (non-hydrogen) atoms. The van der Waals surface area contributed by atoms with Crippen LogP contribution >= 0.6 is 0 Å². The van der Waals surface area contributed by atoms with E-state index in [1.165, 1.54) is 25.6 Å². The molecule has 0 radical (unpaired) electrons. The average Bonchev–Trinajstić information content (AvgIpc) is 2.53. The molecule has 5 nitrogen and oxygen atoms in total. The van der Waals surface area contributed by atoms with Crippen LogP contribution < -0.4 is 15.8 Å². The van der Waals surface area contributed by atoms with Crippen molar-refractivity contribution >= 4 is 17.2 Å². The van der Waals surface area contributed by atoms with Crippen molar-refractivity contribution in [3.63, 3.8) is 0 Å². The van der Waals surface area contributed by atoms with E-state index in [1.54, 1.807) is 0 Å². The van der Waals surface area contributed by atoms with E-state index in [-0.39, 0.29) is 6.10 Å². The standard InChI is InChI=1S/C16H20N4O/c17-14-15(20-12-7-3-1-4-8-12)18-11-19-16(14)21-13-9-5-2-6-10-13/h1,3-4,7-8,11,13H,2,5-6,9-10,17H2,(H,18,19,20). The first-order valence-electron chi connectivity index (χ1n) is 7.42. The minimum atomic E-state index is 0.223. The third kappa shape index (κ3) is 3.42. The lowest BCUT2D eigenvalue weighted by atomic mass is 9.98. The molecule has 0 aliphatic heterocycles. The van der Waals surface area contributed by atoms with Gasteiger partial charge in [0.15, 0.2) is 5.82 Å². The molecule has 0 unspecified atom stereocenters. The van der Waals surface area contributed by atoms with Crippen LogP contribution in [0.25, 0.3) is 0 Å². The van der Waals surface area contributed by atoms with Gasteiger partial charge >= 0.3 is 0 Å². The Morgan fingerprint density at radius 2 is 1.81 bits per heavy atom. The maximum atomic E-state index is 6.14. The van der Waals surface area contributed by atoms with Crippen LogP contribution in [-0.4, -0.2) is 16.1 Å². The number of nitrogens with two attached hydrogens (primary N) is 1. The van der Waals surface area contributed by atoms with Gasteiger partial charge in [-0.2, -0.15) is 4.98 Å². The minimum absolute atomic E-state index is 0.223. The Labute approximate surface area is 124 Å². The highest BCUT2D eigenvalue weighted by molar-refractivity contribution is 5.71. The van der Waals surface area contributed by atoms with Gasteiger partial charge in [-0.15, -0.1) is 0 Å². The molecule has 3 rings (SSSR count). The number of nitrogens with one attached hydrogen (secondary N) is 1. The van der Waals surface area contributed by atoms with E-state index in [9.17, 15) is 0 Å². The van der Waals surface area contributed by atoms with Crippen LogP contribution in [0.1, 0.15) is 32.1 Å². The normalized spacial score (nSPS) is 15.6. The molecule has 0 atom stereocenters. The number of benzene rings is 1. The van der Waals surface area contributed by atoms with Crippen LogP contribution in [0.2, 0.25) is 0 Å². The number of aromatic nitrogens is 2. The van der Waals surface area contributed by atoms with Gasteiger partial charge in [-0.3, -0.25) is 0 Å². The van der Waals surface area contributed by atoms with Gasteiger partial charge in [0.25, 0.3) is 0 Å². The first kappa shape index (κ1) is 13.7. The summed E-state index contributed by atoms with van der Waals surface area (Å²) in [6, 6.07) is 9.80. The number of anilines is 3. The summed E-state index contributed by atoms with van der Waals surface area (Å²) in [6.45, 7) is 0. The number of nitrogens with zero attached hydrogens (tertiary/aromatic N) is 2. The van der Waals surface area contributed by atoms with Crippen molar-refractivity contribution in [1.29, 1.82) is 0 Å². The molecule has 5 heteroatoms. The topological polar surface area (TPSA) is 73.1 Å². The van der Waals surface area contributed by atoms with Crippen LogP contribution in [0.5, 0.6) is 5.88 Å². The average molecular weight is 284 g/mol. The fraction of sp³-hybridized carbons (Fsp3) is 0.375. The second-order valence-corrected chi connectivity index (χ2v) is 5.31. The predicted octanol–water partition coefficient (Wildman–Crippen LogP) is 3.51. The molecule has 0 saturated heterocycles. The van der Waals surface area contributed by atoms with Crippen molar-refractivity contribution in [2.75, 3.05) is 11.1 Å². The second kappa shape index (κ2) is 6.43. The molecule has 1 fully saturated rings. The number of rotatable bonds is 4. The first-order valence-corrected chi connectivity index (χ1v) is 7.42. The lowest BCUT2D eigenvalue weighted by Crippen LogP contribution is -2.21. The summed E-state index contributed by atoms with van der Waals surface area (Å²) in [7, 11) is 0. The molecular weight excluding hydrogens is 264 g/mol. The predicted molar refractivity (Wildman–Crippen MR) is 83.7 cm³/mol. The van der Waals surface area contributed by atoms with E-state index < -0.39 is 0 Å². The van der Waals surface area contributed by atoms with E-state index >= 15 is 0 Å². The van der Waals surface area contributed by atoms with Crippen molar-refractivity contribution in [1.82, 2.24) is 9.97 Å². The highest BCUT2D eigenvalue weighted by Gasteiger charge is 2.18. The van der Waals surface area contributed by atoms with E-state index in [1.807, 2.05) is 30.3 Å². The molecule has 3 N–H and O–H groups in total. The molecule has 0 spiro atoms. The quantitative estimate of drug-likeness (QED) is 0.898. The van der Waals surface area contributed by atoms with Crippen molar-refractivity contribution < 1.29 is 4.74 Å². The Bertz CT molecular complexity index is 582. The summed E-state index contributed by atoms with van der Waals surface area (Å²) in [6.07, 6.45) is 7.57. The van der Waals surface area contributed by atoms with E-state index in [2.05, 4.69) is 15.3 Å². The Hall–Kier alpha value is -2.30. The van der Waals surface area contributed by atoms with Crippen molar-refractivity contribution in [2.45, 2.75) is 38.2 Å². The fourth-order valence-electron chi connectivity index (χ4n) is 2.57. The third-order valence-corrected chi connectivity index (χ3v) is 3.71. The molecule has 1 aromatic carbocycles. The van der Waals surface area contributed by atoms with Gasteiger partial charge in [0.1, 0.15) is 18.1 Å². The van der Waals surface area contributed by atoms with Crippen LogP contribution in [0.15, 0.2) is 36.7 Å². The van der Waals surface area contributed by atoms with Gasteiger partial charge in [-0.25, -0.2) is 4.98 Å². The lowest BCUT2D eigenvalue weighted by molar-refractivity contribution is 0.149. The summed E-state index contributed by atoms with van der Waals surface area (Å²) < 4.78 is 5.95. The zero-order valence-corrected chi connectivity index (χ0v) is 12.0. The molecule has 1 aromatic heterocycles. The molecule has 0 amide bonds. The summed E-state index contributed by atoms with van der Waals surface area (Å²) >= 11 is 0. The highest BCUT2D eigenvalue weighted by Crippen LogP contribution is 2.30. The Kier molecular flexibility index (Phi) is 4.19. The number of nitrogen functional groups attached to an aromatic ring is 1. The molecule has 1 saturated carbocycles. The molecule has 1 heterocycles. The van der Waals surface area contributed by atoms with Crippen LogP contribution in [0.4, 0.5) is 17.2 Å². The summed E-state index contributed by atoms with van der Waals surface area (Å²) in [4.78, 5) is 8.38. The largest absolute Gasteiger partial charge is 0.473 e. The van der Waals surface area contributed by atoms with E-state index in [0.29, 0.717) is 17.4 Å². The van der Waals surface area contributed by atoms with Gasteiger partial charge in [0, 0.05) is 5.69 Å². The number of ether oxygens (including phenoxy) is 1. The Morgan fingerprint density at radius 1 is 1.05 bits per heavy atom. The van der Waals surface area contributed by atoms with Crippen LogP contribution in [-0.2, 0) is 0 Å². The Morgan fingerprint density at radius 3 is 2.57 bits per heavy atom. The van der Waals surface area contributed by atoms with E-state index in [0.717, 1.165) is 18.5 Å². The number of hydrogen-bond acceptors (Lipinski definition) is 5. The SMILES string of the molecule is Nc1c(Nc2ccccc2)ncnc1OC1CCCCC1. The number of hydrogen-bond donors (Lipinski definition) is 2. The Balaban J connectivity index is 1.75. The number of para-hydroxylation sites is 1. The van der Waals surface area contributed by atoms with Gasteiger partial charge in [0.2, 0.25) is 5.88 Å². The fourth-order valence-corrected chi connectivity index (χ4v) is 2.57. The maximum Gasteiger partial charge on any atom is 0.242 e. The van der Waals surface area contributed by atoms with Crippen LogP contribution in [0, 0.1) is 0 Å². The lowest BCUT2D eigenvalue weighted by Gasteiger charge is -2.23. The second-order valence-electron chi connectivity index (χ2n) is 5.31. The highest BCUT2D eigenvalue weighted by atomic mass is 16.5. The summed E-state index contributed by atoms with van der Waals surface area (Å²) in [5, 5.41) is 3.19. The molecule has 110 valence electrons. The van der Waals surface area contributed by atoms with Crippen molar-refractivity contribution in [3.05, 3.63) is 36.7 Å². The summed E-state index contributed by atoms with van der Waals surface area (Å²) in [5.41, 5.74) is 7.54. The van der Waals surface area contributed by atoms with Gasteiger partial charge in [0.05, 0.1) is 0 Å². The molecule has 1 aliphatic carbocycles. The molecule has 0 bridgehead atoms. The van der Waals surface area contributed by atoms with Gasteiger partial charge in [-0.05, 0) is 37.8 Å². The third-order valence-electron chi connectivity index (χ3n) is 3.71. The summed E-state index contributed by atoms with van der Waals surface area (Å²) in [5.74, 6) is 1.07. The van der Waals surface area contributed by atoms with Gasteiger partial charge in [-0.1, -0.05) is 24.6 Å². The minimum Gasteiger partial charge on any atom is -0.473 e. The monoisotopic (exact) mass is 284 g/mol. The zero-order valence-electron chi connectivity index (χ0n) is 12.0. The van der Waals surface area contributed by atoms with E-state index in [4.69, 9.17) is 10.5 Å². The molecule has 1 aliphatic rings. The van der Waals surface area contributed by atoms with Gasteiger partial charge < -0.3 is 15.8 Å². The molecule has 2 aromatic rings. The zero-order chi connectivity index (χ0) is 14.5. The first-order chi connectivity index (χ1) is 10.3. The van der Waals surface area contributed by atoms with Crippen molar-refractivity contribution in [3.8, 4) is 5.88 Å². The smallest absolute Gasteiger partial charge is 0.242 e. The molecular formula is C16H20N4O. The maximum absolute atomic E-state index is 6.14. The van der Waals surface area contributed by atoms with Crippen LogP contribution in [0.3, 0.4) is 0 Å². The van der Waals surface area contributed by atoms with Crippen molar-refractivity contribution in [2.24, 2.45) is 0 Å².